The maximum Gasteiger partial charge on any atom is 0.256 e. The standard InChI is InChI=1S/C31H40FN5O2/c1-19(2)35(5)31(39)27-13-24(32)6-11-28(27)37-18-23(30-20(3)14-33-15-29(30)37)12-22-16-36(17-22)26-9-7-25(8-10-26)34-21(4)38/h6,11,13-15,18-19,22,25-26H,7-10,12,16-17H2,1-5H3,(H,34,38). The van der Waals surface area contributed by atoms with Crippen LogP contribution in [0.3, 0.4) is 0 Å². The molecule has 1 saturated heterocycles. The molecule has 3 aromatic rings. The van der Waals surface area contributed by atoms with Gasteiger partial charge in [-0.2, -0.15) is 0 Å². The summed E-state index contributed by atoms with van der Waals surface area (Å²) in [6, 6.07) is 5.38. The molecule has 1 aliphatic carbocycles. The van der Waals surface area contributed by atoms with Crippen molar-refractivity contribution in [3.63, 3.8) is 0 Å². The van der Waals surface area contributed by atoms with Gasteiger partial charge >= 0.3 is 0 Å². The number of aryl methyl sites for hydroxylation is 1. The van der Waals surface area contributed by atoms with Crippen molar-refractivity contribution in [3.8, 4) is 5.69 Å². The van der Waals surface area contributed by atoms with Crippen LogP contribution >= 0.6 is 0 Å². The van der Waals surface area contributed by atoms with Crippen LogP contribution in [-0.2, 0) is 11.2 Å². The number of aromatic nitrogens is 2. The van der Waals surface area contributed by atoms with E-state index in [2.05, 4.69) is 28.3 Å². The Hall–Kier alpha value is -3.26. The van der Waals surface area contributed by atoms with Crippen molar-refractivity contribution in [1.29, 1.82) is 0 Å². The molecule has 2 aromatic heterocycles. The second-order valence-corrected chi connectivity index (χ2v) is 11.8. The summed E-state index contributed by atoms with van der Waals surface area (Å²) in [4.78, 5) is 33.4. The molecule has 1 aromatic carbocycles. The average molecular weight is 534 g/mol. The molecule has 0 bridgehead atoms. The van der Waals surface area contributed by atoms with Crippen molar-refractivity contribution in [3.05, 3.63) is 59.3 Å². The molecule has 3 heterocycles. The van der Waals surface area contributed by atoms with Crippen molar-refractivity contribution < 1.29 is 14.0 Å². The van der Waals surface area contributed by atoms with Gasteiger partial charge in [-0.15, -0.1) is 0 Å². The fourth-order valence-electron chi connectivity index (χ4n) is 6.33. The van der Waals surface area contributed by atoms with Crippen LogP contribution in [0.5, 0.6) is 0 Å². The molecule has 0 spiro atoms. The van der Waals surface area contributed by atoms with E-state index in [0.29, 0.717) is 29.3 Å². The number of nitrogens with one attached hydrogen (secondary N) is 1. The largest absolute Gasteiger partial charge is 0.354 e. The molecule has 0 atom stereocenters. The Labute approximate surface area is 230 Å². The molecular formula is C31H40FN5O2. The van der Waals surface area contributed by atoms with Crippen LogP contribution in [0.25, 0.3) is 16.6 Å². The highest BCUT2D eigenvalue weighted by atomic mass is 19.1. The van der Waals surface area contributed by atoms with Gasteiger partial charge in [-0.05, 0) is 88.1 Å². The first-order chi connectivity index (χ1) is 18.6. The number of benzene rings is 1. The zero-order valence-electron chi connectivity index (χ0n) is 23.7. The van der Waals surface area contributed by atoms with Gasteiger partial charge in [0.2, 0.25) is 5.91 Å². The van der Waals surface area contributed by atoms with E-state index in [1.807, 2.05) is 30.8 Å². The number of likely N-dealkylation sites (tertiary alicyclic amines) is 1. The lowest BCUT2D eigenvalue weighted by Crippen LogP contribution is -2.54. The summed E-state index contributed by atoms with van der Waals surface area (Å²) in [5.41, 5.74) is 4.29. The minimum absolute atomic E-state index is 0.00323. The molecule has 1 N–H and O–H groups in total. The first-order valence-corrected chi connectivity index (χ1v) is 14.1. The lowest BCUT2D eigenvalue weighted by atomic mass is 9.84. The van der Waals surface area contributed by atoms with Gasteiger partial charge in [0.15, 0.2) is 0 Å². The number of carbonyl (C=O) groups is 2. The van der Waals surface area contributed by atoms with E-state index in [4.69, 9.17) is 0 Å². The lowest BCUT2D eigenvalue weighted by molar-refractivity contribution is -0.120. The zero-order chi connectivity index (χ0) is 27.8. The molecule has 1 saturated carbocycles. The molecule has 0 unspecified atom stereocenters. The molecule has 2 amide bonds. The molecule has 5 rings (SSSR count). The minimum atomic E-state index is -0.425. The molecule has 1 aliphatic heterocycles. The molecule has 8 heteroatoms. The normalized spacial score (nSPS) is 20.3. The Morgan fingerprint density at radius 2 is 1.87 bits per heavy atom. The number of fused-ring (bicyclic) bond motifs is 1. The van der Waals surface area contributed by atoms with Crippen LogP contribution in [0, 0.1) is 18.7 Å². The van der Waals surface area contributed by atoms with Gasteiger partial charge in [0.25, 0.3) is 5.91 Å². The first kappa shape index (κ1) is 27.3. The van der Waals surface area contributed by atoms with Crippen LogP contribution in [-0.4, -0.2) is 69.4 Å². The number of pyridine rings is 1. The van der Waals surface area contributed by atoms with Crippen LogP contribution in [0.15, 0.2) is 36.8 Å². The molecule has 7 nitrogen and oxygen atoms in total. The van der Waals surface area contributed by atoms with Crippen LogP contribution in [0.2, 0.25) is 0 Å². The van der Waals surface area contributed by atoms with Crippen molar-refractivity contribution >= 4 is 22.7 Å². The lowest BCUT2D eigenvalue weighted by Gasteiger charge is -2.47. The quantitative estimate of drug-likeness (QED) is 0.470. The zero-order valence-corrected chi connectivity index (χ0v) is 23.7. The molecular weight excluding hydrogens is 493 g/mol. The number of hydrogen-bond donors (Lipinski definition) is 1. The minimum Gasteiger partial charge on any atom is -0.354 e. The van der Waals surface area contributed by atoms with E-state index in [9.17, 15) is 14.0 Å². The highest BCUT2D eigenvalue weighted by molar-refractivity contribution is 5.99. The van der Waals surface area contributed by atoms with Crippen LogP contribution in [0.1, 0.15) is 67.9 Å². The smallest absolute Gasteiger partial charge is 0.256 e. The van der Waals surface area contributed by atoms with Gasteiger partial charge < -0.3 is 14.8 Å². The maximum absolute atomic E-state index is 14.3. The fourth-order valence-corrected chi connectivity index (χ4v) is 6.33. The third kappa shape index (κ3) is 5.57. The number of rotatable bonds is 7. The van der Waals surface area contributed by atoms with Crippen molar-refractivity contribution in [2.45, 2.75) is 77.9 Å². The van der Waals surface area contributed by atoms with Crippen molar-refractivity contribution in [1.82, 2.24) is 24.7 Å². The van der Waals surface area contributed by atoms with Gasteiger partial charge in [-0.25, -0.2) is 4.39 Å². The van der Waals surface area contributed by atoms with E-state index < -0.39 is 5.82 Å². The fraction of sp³-hybridized carbons (Fsp3) is 0.516. The third-order valence-corrected chi connectivity index (χ3v) is 8.64. The van der Waals surface area contributed by atoms with Crippen molar-refractivity contribution in [2.75, 3.05) is 20.1 Å². The second-order valence-electron chi connectivity index (χ2n) is 11.8. The Balaban J connectivity index is 1.37. The van der Waals surface area contributed by atoms with E-state index in [-0.39, 0.29) is 17.9 Å². The van der Waals surface area contributed by atoms with E-state index in [1.165, 1.54) is 23.1 Å². The van der Waals surface area contributed by atoms with Gasteiger partial charge in [0.1, 0.15) is 5.82 Å². The summed E-state index contributed by atoms with van der Waals surface area (Å²) in [6.07, 6.45) is 11.2. The number of amides is 2. The van der Waals surface area contributed by atoms with Crippen molar-refractivity contribution in [2.24, 2.45) is 5.92 Å². The van der Waals surface area contributed by atoms with E-state index in [1.54, 1.807) is 24.9 Å². The van der Waals surface area contributed by atoms with Gasteiger partial charge in [0.05, 0.1) is 23.0 Å². The molecule has 0 radical (unpaired) electrons. The third-order valence-electron chi connectivity index (χ3n) is 8.64. The summed E-state index contributed by atoms with van der Waals surface area (Å²) >= 11 is 0. The van der Waals surface area contributed by atoms with E-state index >= 15 is 0 Å². The molecule has 2 fully saturated rings. The predicted octanol–water partition coefficient (Wildman–Crippen LogP) is 4.88. The highest BCUT2D eigenvalue weighted by Crippen LogP contribution is 2.34. The summed E-state index contributed by atoms with van der Waals surface area (Å²) in [5, 5.41) is 4.24. The Kier molecular flexibility index (Phi) is 7.76. The summed E-state index contributed by atoms with van der Waals surface area (Å²) < 4.78 is 16.4. The molecule has 2 aliphatic rings. The predicted molar refractivity (Wildman–Crippen MR) is 152 cm³/mol. The number of carbonyl (C=O) groups excluding carboxylic acids is 2. The maximum atomic E-state index is 14.3. The van der Waals surface area contributed by atoms with Crippen LogP contribution < -0.4 is 5.32 Å². The molecule has 39 heavy (non-hydrogen) atoms. The highest BCUT2D eigenvalue weighted by Gasteiger charge is 2.35. The Morgan fingerprint density at radius 1 is 1.15 bits per heavy atom. The van der Waals surface area contributed by atoms with Gasteiger partial charge in [-0.1, -0.05) is 0 Å². The number of halogens is 1. The van der Waals surface area contributed by atoms with Crippen LogP contribution in [0.4, 0.5) is 4.39 Å². The SMILES string of the molecule is CC(=O)NC1CCC(N2CC(Cc3cn(-c4ccc(F)cc4C(=O)N(C)C(C)C)c4cncc(C)c34)C2)CC1. The number of hydrogen-bond acceptors (Lipinski definition) is 4. The topological polar surface area (TPSA) is 70.5 Å². The Morgan fingerprint density at radius 3 is 2.54 bits per heavy atom. The Bertz CT molecular complexity index is 1370. The monoisotopic (exact) mass is 533 g/mol. The summed E-state index contributed by atoms with van der Waals surface area (Å²) in [6.45, 7) is 9.72. The first-order valence-electron chi connectivity index (χ1n) is 14.1. The van der Waals surface area contributed by atoms with Gasteiger partial charge in [0, 0.05) is 63.0 Å². The average Bonchev–Trinajstić information content (AvgIpc) is 3.24. The summed E-state index contributed by atoms with van der Waals surface area (Å²) in [5.74, 6) is -0.000416. The second kappa shape index (κ2) is 11.1. The van der Waals surface area contributed by atoms with E-state index in [0.717, 1.165) is 56.3 Å². The number of nitrogens with zero attached hydrogens (tertiary/aromatic N) is 4. The summed E-state index contributed by atoms with van der Waals surface area (Å²) in [7, 11) is 1.75. The van der Waals surface area contributed by atoms with Gasteiger partial charge in [-0.3, -0.25) is 19.5 Å². The molecule has 208 valence electrons.